The molecule has 0 amide bonds. The molecule has 0 aliphatic heterocycles. The minimum absolute atomic E-state index is 0.469. The lowest BCUT2D eigenvalue weighted by molar-refractivity contribution is 0.0522. The Morgan fingerprint density at radius 2 is 2.05 bits per heavy atom. The molecule has 1 aliphatic carbocycles. The van der Waals surface area contributed by atoms with E-state index in [0.29, 0.717) is 29.2 Å². The summed E-state index contributed by atoms with van der Waals surface area (Å²) in [7, 11) is 1.86. The lowest BCUT2D eigenvalue weighted by Crippen LogP contribution is -2.46. The van der Waals surface area contributed by atoms with Crippen LogP contribution < -0.4 is 10.6 Å². The topological polar surface area (TPSA) is 61.6 Å². The number of nitrogens with one attached hydrogen (secondary N) is 2. The second-order valence-corrected chi connectivity index (χ2v) is 6.58. The monoisotopic (exact) mass is 346 g/mol. The van der Waals surface area contributed by atoms with Crippen LogP contribution in [-0.4, -0.2) is 34.3 Å². The summed E-state index contributed by atoms with van der Waals surface area (Å²) >= 11 is 12.1. The van der Waals surface area contributed by atoms with Crippen molar-refractivity contribution in [3.63, 3.8) is 0 Å². The molecule has 1 fully saturated rings. The van der Waals surface area contributed by atoms with Gasteiger partial charge in [0.2, 0.25) is 0 Å². The van der Waals surface area contributed by atoms with Crippen LogP contribution in [0, 0.1) is 0 Å². The molecule has 3 N–H and O–H groups in total. The van der Waals surface area contributed by atoms with Crippen molar-refractivity contribution in [2.45, 2.75) is 44.8 Å². The first-order valence-corrected chi connectivity index (χ1v) is 8.45. The maximum absolute atomic E-state index is 10.4. The molecule has 0 aromatic carbocycles. The van der Waals surface area contributed by atoms with Crippen molar-refractivity contribution >= 4 is 29.2 Å². The van der Waals surface area contributed by atoms with Crippen LogP contribution in [0.15, 0.2) is 11.1 Å². The Kier molecular flexibility index (Phi) is 6.01. The molecular weight excluding hydrogens is 323 g/mol. The molecule has 2 rings (SSSR count). The normalized spacial score (nSPS) is 17.8. The van der Waals surface area contributed by atoms with Gasteiger partial charge in [-0.15, -0.1) is 0 Å². The van der Waals surface area contributed by atoms with Crippen LogP contribution in [0.25, 0.3) is 0 Å². The zero-order valence-corrected chi connectivity index (χ0v) is 14.6. The van der Waals surface area contributed by atoms with E-state index < -0.39 is 5.60 Å². The molecule has 22 heavy (non-hydrogen) atoms. The van der Waals surface area contributed by atoms with Crippen LogP contribution in [0.5, 0.6) is 0 Å². The number of hydrogen-bond acceptors (Lipinski definition) is 2. The Balaban J connectivity index is 1.98. The van der Waals surface area contributed by atoms with Crippen LogP contribution >= 0.6 is 23.2 Å². The predicted octanol–water partition coefficient (Wildman–Crippen LogP) is 2.69. The fourth-order valence-electron chi connectivity index (χ4n) is 2.70. The average Bonchev–Trinajstić information content (AvgIpc) is 3.02. The van der Waals surface area contributed by atoms with Crippen molar-refractivity contribution in [1.29, 1.82) is 0 Å². The van der Waals surface area contributed by atoms with Crippen LogP contribution in [0.3, 0.4) is 0 Å². The molecule has 0 unspecified atom stereocenters. The van der Waals surface area contributed by atoms with Crippen LogP contribution in [0.1, 0.15) is 38.3 Å². The Morgan fingerprint density at radius 1 is 1.36 bits per heavy atom. The fourth-order valence-corrected chi connectivity index (χ4v) is 3.12. The summed E-state index contributed by atoms with van der Waals surface area (Å²) in [5, 5.41) is 17.9. The Hall–Kier alpha value is -0.910. The fraction of sp³-hybridized carbons (Fsp3) is 0.667. The molecule has 1 aromatic rings. The number of nitrogens with zero attached hydrogens (tertiary/aromatic N) is 2. The average molecular weight is 347 g/mol. The molecule has 0 spiro atoms. The van der Waals surface area contributed by atoms with E-state index in [-0.39, 0.29) is 0 Å². The second-order valence-electron chi connectivity index (χ2n) is 5.81. The molecule has 0 radical (unpaired) electrons. The third-order valence-corrected chi connectivity index (χ3v) is 4.92. The number of halogens is 2. The Labute approximate surface area is 141 Å². The largest absolute Gasteiger partial charge is 0.388 e. The van der Waals surface area contributed by atoms with Gasteiger partial charge in [0.1, 0.15) is 5.15 Å². The molecule has 1 aliphatic rings. The molecule has 1 heterocycles. The summed E-state index contributed by atoms with van der Waals surface area (Å²) in [4.78, 5) is 4.54. The van der Waals surface area contributed by atoms with E-state index in [9.17, 15) is 5.11 Å². The van der Waals surface area contributed by atoms with Gasteiger partial charge in [0, 0.05) is 25.8 Å². The van der Waals surface area contributed by atoms with E-state index in [4.69, 9.17) is 23.2 Å². The SMILES string of the molecule is CCNC(=NCc1cc(Cl)c(Cl)n1C)NCC1(O)CCCC1. The van der Waals surface area contributed by atoms with E-state index in [1.807, 2.05) is 24.6 Å². The van der Waals surface area contributed by atoms with Gasteiger partial charge in [0.25, 0.3) is 0 Å². The standard InChI is InChI=1S/C15H24Cl2N4O/c1-3-18-14(20-10-15(22)6-4-5-7-15)19-9-11-8-12(16)13(17)21(11)2/h8,22H,3-7,9-10H2,1-2H3,(H2,18,19,20). The number of guanidine groups is 1. The molecule has 0 bridgehead atoms. The van der Waals surface area contributed by atoms with Gasteiger partial charge in [-0.3, -0.25) is 0 Å². The highest BCUT2D eigenvalue weighted by molar-refractivity contribution is 6.41. The van der Waals surface area contributed by atoms with Crippen molar-refractivity contribution in [2.75, 3.05) is 13.1 Å². The first-order chi connectivity index (χ1) is 10.4. The van der Waals surface area contributed by atoms with Crippen molar-refractivity contribution < 1.29 is 5.11 Å². The third-order valence-electron chi connectivity index (χ3n) is 4.08. The highest BCUT2D eigenvalue weighted by Gasteiger charge is 2.30. The van der Waals surface area contributed by atoms with Crippen molar-refractivity contribution in [2.24, 2.45) is 12.0 Å². The summed E-state index contributed by atoms with van der Waals surface area (Å²) < 4.78 is 1.82. The van der Waals surface area contributed by atoms with Gasteiger partial charge in [0.15, 0.2) is 5.96 Å². The van der Waals surface area contributed by atoms with E-state index >= 15 is 0 Å². The number of hydrogen-bond donors (Lipinski definition) is 3. The zero-order valence-electron chi connectivity index (χ0n) is 13.1. The number of aromatic nitrogens is 1. The number of aliphatic hydroxyl groups is 1. The van der Waals surface area contributed by atoms with Gasteiger partial charge < -0.3 is 20.3 Å². The van der Waals surface area contributed by atoms with Crippen LogP contribution in [0.4, 0.5) is 0 Å². The van der Waals surface area contributed by atoms with Crippen molar-refractivity contribution in [3.05, 3.63) is 21.9 Å². The third kappa shape index (κ3) is 4.31. The van der Waals surface area contributed by atoms with Gasteiger partial charge >= 0.3 is 0 Å². The number of aliphatic imine (C=N–C) groups is 1. The number of rotatable bonds is 5. The lowest BCUT2D eigenvalue weighted by atomic mass is 10.0. The van der Waals surface area contributed by atoms with Gasteiger partial charge in [-0.05, 0) is 25.8 Å². The summed E-state index contributed by atoms with van der Waals surface area (Å²) in [6, 6.07) is 1.82. The molecule has 124 valence electrons. The maximum Gasteiger partial charge on any atom is 0.191 e. The van der Waals surface area contributed by atoms with Gasteiger partial charge in [-0.25, -0.2) is 4.99 Å². The van der Waals surface area contributed by atoms with Crippen LogP contribution in [0.2, 0.25) is 10.2 Å². The summed E-state index contributed by atoms with van der Waals surface area (Å²) in [6.07, 6.45) is 3.88. The summed E-state index contributed by atoms with van der Waals surface area (Å²) in [5.41, 5.74) is 0.333. The van der Waals surface area contributed by atoms with Gasteiger partial charge in [-0.2, -0.15) is 0 Å². The molecule has 1 saturated carbocycles. The minimum atomic E-state index is -0.603. The summed E-state index contributed by atoms with van der Waals surface area (Å²) in [6.45, 7) is 3.76. The molecular formula is C15H24Cl2N4O. The van der Waals surface area contributed by atoms with Crippen molar-refractivity contribution in [3.8, 4) is 0 Å². The lowest BCUT2D eigenvalue weighted by Gasteiger charge is -2.23. The molecule has 5 nitrogen and oxygen atoms in total. The molecule has 7 heteroatoms. The highest BCUT2D eigenvalue weighted by Crippen LogP contribution is 2.28. The minimum Gasteiger partial charge on any atom is -0.388 e. The second kappa shape index (κ2) is 7.57. The van der Waals surface area contributed by atoms with E-state index in [1.54, 1.807) is 0 Å². The zero-order chi connectivity index (χ0) is 16.2. The quantitative estimate of drug-likeness (QED) is 0.567. The van der Waals surface area contributed by atoms with E-state index in [2.05, 4.69) is 15.6 Å². The molecule has 0 saturated heterocycles. The molecule has 0 atom stereocenters. The smallest absolute Gasteiger partial charge is 0.191 e. The maximum atomic E-state index is 10.4. The van der Waals surface area contributed by atoms with Gasteiger partial charge in [-0.1, -0.05) is 36.0 Å². The summed E-state index contributed by atoms with van der Waals surface area (Å²) in [5.74, 6) is 0.691. The van der Waals surface area contributed by atoms with E-state index in [1.165, 1.54) is 0 Å². The van der Waals surface area contributed by atoms with Crippen LogP contribution in [-0.2, 0) is 13.6 Å². The first kappa shape index (κ1) is 17.4. The van der Waals surface area contributed by atoms with Crippen molar-refractivity contribution in [1.82, 2.24) is 15.2 Å². The Morgan fingerprint density at radius 3 is 2.59 bits per heavy atom. The highest BCUT2D eigenvalue weighted by atomic mass is 35.5. The first-order valence-electron chi connectivity index (χ1n) is 7.69. The van der Waals surface area contributed by atoms with E-state index in [0.717, 1.165) is 37.9 Å². The predicted molar refractivity (Wildman–Crippen MR) is 91.7 cm³/mol. The Bertz CT molecular complexity index is 536. The van der Waals surface area contributed by atoms with Gasteiger partial charge in [0.05, 0.1) is 17.2 Å². The molecule has 1 aromatic heterocycles.